The summed E-state index contributed by atoms with van der Waals surface area (Å²) in [7, 11) is 0. The van der Waals surface area contributed by atoms with Gasteiger partial charge >= 0.3 is 12.0 Å². The summed E-state index contributed by atoms with van der Waals surface area (Å²) >= 11 is 0. The van der Waals surface area contributed by atoms with Crippen LogP contribution in [0, 0.1) is 0 Å². The maximum absolute atomic E-state index is 12.2. The molecule has 7 nitrogen and oxygen atoms in total. The van der Waals surface area contributed by atoms with Gasteiger partial charge in [-0.2, -0.15) is 0 Å². The van der Waals surface area contributed by atoms with Crippen molar-refractivity contribution in [2.24, 2.45) is 0 Å². The maximum atomic E-state index is 12.2. The maximum Gasteiger partial charge on any atom is 0.326 e. The molecule has 2 aliphatic heterocycles. The fourth-order valence-corrected chi connectivity index (χ4v) is 2.16. The van der Waals surface area contributed by atoms with Gasteiger partial charge in [-0.15, -0.1) is 0 Å². The molecule has 1 spiro atoms. The predicted octanol–water partition coefficient (Wildman–Crippen LogP) is -0.440. The lowest BCUT2D eigenvalue weighted by Gasteiger charge is -2.30. The van der Waals surface area contributed by atoms with E-state index in [1.54, 1.807) is 0 Å². The number of hydrogen-bond donors (Lipinski definition) is 2. The normalized spacial score (nSPS) is 24.9. The van der Waals surface area contributed by atoms with Crippen LogP contribution in [0.3, 0.4) is 0 Å². The highest BCUT2D eigenvalue weighted by atomic mass is 16.5. The van der Waals surface area contributed by atoms with Crippen LogP contribution < -0.4 is 5.32 Å². The van der Waals surface area contributed by atoms with Gasteiger partial charge in [-0.3, -0.25) is 4.79 Å². The minimum Gasteiger partial charge on any atom is -0.480 e. The van der Waals surface area contributed by atoms with Crippen LogP contribution in [-0.2, 0) is 14.3 Å². The smallest absolute Gasteiger partial charge is 0.326 e. The monoisotopic (exact) mass is 242 g/mol. The molecule has 7 heteroatoms. The van der Waals surface area contributed by atoms with Gasteiger partial charge in [0.1, 0.15) is 11.6 Å². The van der Waals surface area contributed by atoms with Gasteiger partial charge in [0.05, 0.1) is 0 Å². The molecule has 2 heterocycles. The summed E-state index contributed by atoms with van der Waals surface area (Å²) in [5, 5.41) is 11.5. The van der Waals surface area contributed by atoms with Crippen LogP contribution in [-0.4, -0.2) is 52.7 Å². The summed E-state index contributed by atoms with van der Waals surface area (Å²) in [5.74, 6) is -1.65. The number of carboxylic acids is 1. The molecule has 3 amide bonds. The van der Waals surface area contributed by atoms with E-state index in [0.29, 0.717) is 26.1 Å². The number of hydrogen-bond acceptors (Lipinski definition) is 4. The fourth-order valence-electron chi connectivity index (χ4n) is 2.16. The summed E-state index contributed by atoms with van der Waals surface area (Å²) in [4.78, 5) is 35.5. The highest BCUT2D eigenvalue weighted by Gasteiger charge is 2.54. The molecule has 2 N–H and O–H groups in total. The third-order valence-corrected chi connectivity index (χ3v) is 3.28. The molecule has 0 aliphatic carbocycles. The summed E-state index contributed by atoms with van der Waals surface area (Å²) < 4.78 is 5.14. The lowest BCUT2D eigenvalue weighted by Crippen LogP contribution is -2.52. The van der Waals surface area contributed by atoms with Crippen molar-refractivity contribution in [2.75, 3.05) is 13.2 Å². The summed E-state index contributed by atoms with van der Waals surface area (Å²) in [6, 6.07) is -1.78. The van der Waals surface area contributed by atoms with Gasteiger partial charge in [0.2, 0.25) is 0 Å². The number of rotatable bonds is 2. The number of carboxylic acid groups (broad SMARTS) is 1. The largest absolute Gasteiger partial charge is 0.480 e. The zero-order valence-corrected chi connectivity index (χ0v) is 9.43. The number of imide groups is 1. The minimum absolute atomic E-state index is 0.389. The minimum atomic E-state index is -1.20. The van der Waals surface area contributed by atoms with Gasteiger partial charge in [-0.05, 0) is 6.92 Å². The Kier molecular flexibility index (Phi) is 2.78. The second kappa shape index (κ2) is 3.99. The molecule has 0 radical (unpaired) electrons. The average molecular weight is 242 g/mol. The van der Waals surface area contributed by atoms with Crippen molar-refractivity contribution in [1.29, 1.82) is 0 Å². The number of nitrogens with zero attached hydrogens (tertiary/aromatic N) is 1. The van der Waals surface area contributed by atoms with Crippen LogP contribution >= 0.6 is 0 Å². The predicted molar refractivity (Wildman–Crippen MR) is 55.3 cm³/mol. The van der Waals surface area contributed by atoms with E-state index >= 15 is 0 Å². The first-order valence-corrected chi connectivity index (χ1v) is 5.44. The highest BCUT2D eigenvalue weighted by Crippen LogP contribution is 2.29. The number of urea groups is 1. The van der Waals surface area contributed by atoms with Crippen molar-refractivity contribution in [3.8, 4) is 0 Å². The van der Waals surface area contributed by atoms with E-state index in [1.165, 1.54) is 6.92 Å². The third-order valence-electron chi connectivity index (χ3n) is 3.28. The van der Waals surface area contributed by atoms with Crippen LogP contribution in [0.25, 0.3) is 0 Å². The molecule has 1 atom stereocenters. The zero-order valence-electron chi connectivity index (χ0n) is 9.43. The second-order valence-corrected chi connectivity index (χ2v) is 4.31. The number of carbonyl (C=O) groups excluding carboxylic acids is 2. The Balaban J connectivity index is 2.24. The van der Waals surface area contributed by atoms with E-state index < -0.39 is 29.5 Å². The summed E-state index contributed by atoms with van der Waals surface area (Å²) in [6.07, 6.45) is 0.779. The molecule has 0 aromatic heterocycles. The van der Waals surface area contributed by atoms with Crippen molar-refractivity contribution >= 4 is 17.9 Å². The molecular weight excluding hydrogens is 228 g/mol. The molecule has 94 valence electrons. The Bertz CT molecular complexity index is 375. The highest BCUT2D eigenvalue weighted by molar-refractivity contribution is 6.09. The van der Waals surface area contributed by atoms with Gasteiger partial charge in [0, 0.05) is 26.1 Å². The molecule has 1 unspecified atom stereocenters. The van der Waals surface area contributed by atoms with E-state index in [-0.39, 0.29) is 0 Å². The van der Waals surface area contributed by atoms with Crippen LogP contribution in [0.1, 0.15) is 19.8 Å². The fraction of sp³-hybridized carbons (Fsp3) is 0.700. The van der Waals surface area contributed by atoms with Crippen molar-refractivity contribution in [3.05, 3.63) is 0 Å². The van der Waals surface area contributed by atoms with Gasteiger partial charge < -0.3 is 15.2 Å². The SMILES string of the molecule is CC(C(=O)O)N1C(=O)NC2(CCOCC2)C1=O. The van der Waals surface area contributed by atoms with E-state index in [9.17, 15) is 14.4 Å². The molecule has 0 aromatic rings. The standard InChI is InChI=1S/C10H14N2O5/c1-6(7(13)14)12-8(15)10(11-9(12)16)2-4-17-5-3-10/h6H,2-5H2,1H3,(H,11,16)(H,13,14). The molecule has 2 saturated heterocycles. The van der Waals surface area contributed by atoms with Gasteiger partial charge in [-0.25, -0.2) is 14.5 Å². The molecule has 0 saturated carbocycles. The molecule has 0 bridgehead atoms. The van der Waals surface area contributed by atoms with E-state index in [4.69, 9.17) is 9.84 Å². The van der Waals surface area contributed by atoms with Crippen LogP contribution in [0.2, 0.25) is 0 Å². The molecular formula is C10H14N2O5. The zero-order chi connectivity index (χ0) is 12.6. The second-order valence-electron chi connectivity index (χ2n) is 4.31. The molecule has 2 fully saturated rings. The van der Waals surface area contributed by atoms with E-state index in [2.05, 4.69) is 5.32 Å². The van der Waals surface area contributed by atoms with Gasteiger partial charge in [0.25, 0.3) is 5.91 Å². The first kappa shape index (κ1) is 11.8. The molecule has 2 aliphatic rings. The number of aliphatic carboxylic acids is 1. The van der Waals surface area contributed by atoms with Crippen LogP contribution in [0.15, 0.2) is 0 Å². The Labute approximate surface area is 97.7 Å². The molecule has 0 aromatic carbocycles. The number of ether oxygens (including phenoxy) is 1. The first-order chi connectivity index (χ1) is 7.98. The quantitative estimate of drug-likeness (QED) is 0.640. The van der Waals surface area contributed by atoms with Crippen molar-refractivity contribution < 1.29 is 24.2 Å². The number of nitrogens with one attached hydrogen (secondary N) is 1. The topological polar surface area (TPSA) is 95.9 Å². The van der Waals surface area contributed by atoms with E-state index in [0.717, 1.165) is 4.90 Å². The van der Waals surface area contributed by atoms with E-state index in [1.807, 2.05) is 0 Å². The Morgan fingerprint density at radius 1 is 1.47 bits per heavy atom. The van der Waals surface area contributed by atoms with Crippen molar-refractivity contribution in [3.63, 3.8) is 0 Å². The Hall–Kier alpha value is -1.63. The van der Waals surface area contributed by atoms with Crippen molar-refractivity contribution in [1.82, 2.24) is 10.2 Å². The summed E-state index contributed by atoms with van der Waals surface area (Å²) in [6.45, 7) is 2.10. The lowest BCUT2D eigenvalue weighted by atomic mass is 9.90. The summed E-state index contributed by atoms with van der Waals surface area (Å²) in [5.41, 5.74) is -0.959. The average Bonchev–Trinajstić information content (AvgIpc) is 2.51. The van der Waals surface area contributed by atoms with Crippen LogP contribution in [0.5, 0.6) is 0 Å². The Morgan fingerprint density at radius 3 is 2.59 bits per heavy atom. The number of carbonyl (C=O) groups is 3. The molecule has 17 heavy (non-hydrogen) atoms. The van der Waals surface area contributed by atoms with Crippen molar-refractivity contribution in [2.45, 2.75) is 31.3 Å². The van der Waals surface area contributed by atoms with Gasteiger partial charge in [-0.1, -0.05) is 0 Å². The number of amides is 3. The third kappa shape index (κ3) is 1.76. The van der Waals surface area contributed by atoms with Crippen LogP contribution in [0.4, 0.5) is 4.79 Å². The molecule has 2 rings (SSSR count). The first-order valence-electron chi connectivity index (χ1n) is 5.44. The Morgan fingerprint density at radius 2 is 2.06 bits per heavy atom. The lowest BCUT2D eigenvalue weighted by molar-refractivity contribution is -0.148. The van der Waals surface area contributed by atoms with Gasteiger partial charge in [0.15, 0.2) is 0 Å².